The Bertz CT molecular complexity index is 1890. The molecule has 0 aliphatic rings. The van der Waals surface area contributed by atoms with Crippen LogP contribution in [0.3, 0.4) is 0 Å². The summed E-state index contributed by atoms with van der Waals surface area (Å²) in [5.41, 5.74) is 14.0. The summed E-state index contributed by atoms with van der Waals surface area (Å²) in [5.74, 6) is 1.48. The van der Waals surface area contributed by atoms with E-state index in [1.807, 2.05) is 0 Å². The Kier molecular flexibility index (Phi) is 10.8. The topological polar surface area (TPSA) is 77.3 Å². The molecule has 0 fully saturated rings. The minimum Gasteiger partial charge on any atom is -0.257 e. The minimum absolute atomic E-state index is 0.490. The number of aryl methyl sites for hydroxylation is 7. The lowest BCUT2D eigenvalue weighted by atomic mass is 10.1. The summed E-state index contributed by atoms with van der Waals surface area (Å²) in [6, 6.07) is 0. The van der Waals surface area contributed by atoms with E-state index in [1.54, 1.807) is 34.0 Å². The molecule has 0 aromatic carbocycles. The fourth-order valence-corrected chi connectivity index (χ4v) is 7.99. The lowest BCUT2D eigenvalue weighted by Gasteiger charge is -2.02. The van der Waals surface area contributed by atoms with E-state index in [0.717, 1.165) is 44.3 Å². The Morgan fingerprint density at radius 2 is 0.844 bits per heavy atom. The van der Waals surface area contributed by atoms with E-state index in [9.17, 15) is 0 Å². The summed E-state index contributed by atoms with van der Waals surface area (Å²) >= 11 is 5.28. The largest absolute Gasteiger partial charge is 0.257 e. The Morgan fingerprint density at radius 1 is 0.378 bits per heavy atom. The SMILES string of the molecule is Cc1nc(C)c2sc(C(C)C)nc2c1C.Cc1nc2nc(C(C)C)sc2c(C)c1C.Cc1nc2sc(C(C)C)nc2c(C)c1C. The van der Waals surface area contributed by atoms with Gasteiger partial charge in [0.05, 0.1) is 35.6 Å². The van der Waals surface area contributed by atoms with Gasteiger partial charge in [0.15, 0.2) is 5.65 Å². The summed E-state index contributed by atoms with van der Waals surface area (Å²) in [6.45, 7) is 31.9. The van der Waals surface area contributed by atoms with Crippen LogP contribution in [0.25, 0.3) is 30.9 Å². The standard InChI is InChI=1S/3C12H16N2S/c1-6(2)12-14-10-7(3)8(4)13-9(5)11(10)15-12;1-6(2)12-14-11-10(15-12)8(4)7(3)9(5)13-11;1-6(2)11-14-10-8(4)7(3)9(5)13-12(10)15-11/h3*6H,1-5H3. The average molecular weight is 661 g/mol. The van der Waals surface area contributed by atoms with Crippen molar-refractivity contribution in [3.05, 3.63) is 65.6 Å². The van der Waals surface area contributed by atoms with Crippen molar-refractivity contribution < 1.29 is 0 Å². The van der Waals surface area contributed by atoms with E-state index in [4.69, 9.17) is 4.98 Å². The van der Waals surface area contributed by atoms with Crippen molar-refractivity contribution in [2.45, 2.75) is 122 Å². The molecule has 45 heavy (non-hydrogen) atoms. The van der Waals surface area contributed by atoms with Crippen LogP contribution in [0.2, 0.25) is 0 Å². The van der Waals surface area contributed by atoms with Gasteiger partial charge in [-0.2, -0.15) is 0 Å². The molecule has 240 valence electrons. The molecule has 6 aromatic heterocycles. The van der Waals surface area contributed by atoms with E-state index in [0.29, 0.717) is 17.8 Å². The van der Waals surface area contributed by atoms with Crippen LogP contribution in [0.5, 0.6) is 0 Å². The zero-order chi connectivity index (χ0) is 33.5. The summed E-state index contributed by atoms with van der Waals surface area (Å²) in [4.78, 5) is 28.7. The number of nitrogens with zero attached hydrogens (tertiary/aromatic N) is 6. The second kappa shape index (κ2) is 13.9. The first-order valence-electron chi connectivity index (χ1n) is 15.7. The third-order valence-corrected chi connectivity index (χ3v) is 12.6. The maximum absolute atomic E-state index is 4.71. The molecule has 0 saturated carbocycles. The Morgan fingerprint density at radius 3 is 1.44 bits per heavy atom. The Balaban J connectivity index is 0.000000154. The maximum Gasteiger partial charge on any atom is 0.171 e. The highest BCUT2D eigenvalue weighted by atomic mass is 32.1. The Hall–Kier alpha value is -2.88. The molecule has 0 radical (unpaired) electrons. The van der Waals surface area contributed by atoms with Crippen molar-refractivity contribution in [1.82, 2.24) is 29.9 Å². The van der Waals surface area contributed by atoms with Crippen molar-refractivity contribution in [1.29, 1.82) is 0 Å². The van der Waals surface area contributed by atoms with E-state index < -0.39 is 0 Å². The van der Waals surface area contributed by atoms with Crippen molar-refractivity contribution in [2.24, 2.45) is 0 Å². The quantitative estimate of drug-likeness (QED) is 0.188. The van der Waals surface area contributed by atoms with Crippen LogP contribution in [0.1, 0.15) is 125 Å². The molecule has 0 bridgehead atoms. The second-order valence-corrected chi connectivity index (χ2v) is 16.0. The number of hydrogen-bond donors (Lipinski definition) is 0. The first-order valence-corrected chi connectivity index (χ1v) is 18.2. The first kappa shape index (κ1) is 35.0. The molecule has 6 aromatic rings. The maximum atomic E-state index is 4.71. The third-order valence-electron chi connectivity index (χ3n) is 8.39. The number of hydrogen-bond acceptors (Lipinski definition) is 9. The number of thiazole rings is 3. The molecule has 0 N–H and O–H groups in total. The number of aromatic nitrogens is 6. The second-order valence-electron chi connectivity index (χ2n) is 12.9. The number of pyridine rings is 3. The lowest BCUT2D eigenvalue weighted by molar-refractivity contribution is 0.854. The van der Waals surface area contributed by atoms with Gasteiger partial charge in [0.1, 0.15) is 10.3 Å². The molecular weight excluding hydrogens is 613 g/mol. The highest BCUT2D eigenvalue weighted by Gasteiger charge is 2.15. The van der Waals surface area contributed by atoms with E-state index in [2.05, 4.69) is 129 Å². The lowest BCUT2D eigenvalue weighted by Crippen LogP contribution is -1.92. The first-order chi connectivity index (χ1) is 21.0. The fraction of sp³-hybridized carbons (Fsp3) is 0.500. The minimum atomic E-state index is 0.490. The predicted octanol–water partition coefficient (Wildman–Crippen LogP) is 11.2. The van der Waals surface area contributed by atoms with Gasteiger partial charge in [-0.1, -0.05) is 52.9 Å². The summed E-state index contributed by atoms with van der Waals surface area (Å²) in [5, 5.41) is 3.58. The smallest absolute Gasteiger partial charge is 0.171 e. The van der Waals surface area contributed by atoms with Crippen LogP contribution in [0, 0.1) is 62.3 Å². The molecule has 6 rings (SSSR count). The highest BCUT2D eigenvalue weighted by molar-refractivity contribution is 7.19. The van der Waals surface area contributed by atoms with E-state index >= 15 is 0 Å². The van der Waals surface area contributed by atoms with Crippen LogP contribution in [0.4, 0.5) is 0 Å². The van der Waals surface area contributed by atoms with Gasteiger partial charge in [-0.25, -0.2) is 24.9 Å². The third kappa shape index (κ3) is 7.26. The Labute approximate surface area is 280 Å². The number of fused-ring (bicyclic) bond motifs is 3. The molecule has 6 heterocycles. The summed E-state index contributed by atoms with van der Waals surface area (Å²) < 4.78 is 2.50. The van der Waals surface area contributed by atoms with Crippen molar-refractivity contribution in [3.8, 4) is 0 Å². The van der Waals surface area contributed by atoms with E-state index in [1.165, 1.54) is 52.2 Å². The summed E-state index contributed by atoms with van der Waals surface area (Å²) in [7, 11) is 0. The fourth-order valence-electron chi connectivity index (χ4n) is 4.80. The van der Waals surface area contributed by atoms with Gasteiger partial charge in [0.2, 0.25) is 0 Å². The molecule has 9 heteroatoms. The van der Waals surface area contributed by atoms with Gasteiger partial charge in [-0.3, -0.25) is 4.98 Å². The summed E-state index contributed by atoms with van der Waals surface area (Å²) in [6.07, 6.45) is 0. The zero-order valence-electron chi connectivity index (χ0n) is 29.6. The van der Waals surface area contributed by atoms with Crippen molar-refractivity contribution >= 4 is 64.9 Å². The van der Waals surface area contributed by atoms with Crippen molar-refractivity contribution in [2.75, 3.05) is 0 Å². The van der Waals surface area contributed by atoms with Crippen LogP contribution < -0.4 is 0 Å². The van der Waals surface area contributed by atoms with Gasteiger partial charge >= 0.3 is 0 Å². The molecule has 0 saturated heterocycles. The van der Waals surface area contributed by atoms with Gasteiger partial charge in [0.25, 0.3) is 0 Å². The monoisotopic (exact) mass is 660 g/mol. The average Bonchev–Trinajstić information content (AvgIpc) is 3.72. The molecule has 0 aliphatic heterocycles. The molecule has 0 unspecified atom stereocenters. The van der Waals surface area contributed by atoms with Crippen LogP contribution >= 0.6 is 34.0 Å². The molecular formula is C36H48N6S3. The molecule has 0 aliphatic carbocycles. The zero-order valence-corrected chi connectivity index (χ0v) is 32.1. The van der Waals surface area contributed by atoms with E-state index in [-0.39, 0.29) is 0 Å². The molecule has 0 spiro atoms. The van der Waals surface area contributed by atoms with Gasteiger partial charge in [0, 0.05) is 34.8 Å². The molecule has 0 atom stereocenters. The van der Waals surface area contributed by atoms with Crippen molar-refractivity contribution in [3.63, 3.8) is 0 Å². The number of rotatable bonds is 3. The normalized spacial score (nSPS) is 11.6. The van der Waals surface area contributed by atoms with Crippen LogP contribution in [-0.4, -0.2) is 29.9 Å². The molecule has 0 amide bonds. The van der Waals surface area contributed by atoms with Crippen LogP contribution in [-0.2, 0) is 0 Å². The van der Waals surface area contributed by atoms with Gasteiger partial charge in [-0.15, -0.1) is 22.7 Å². The van der Waals surface area contributed by atoms with Gasteiger partial charge in [-0.05, 0) is 90.1 Å². The highest BCUT2D eigenvalue weighted by Crippen LogP contribution is 2.33. The predicted molar refractivity (Wildman–Crippen MR) is 197 cm³/mol. The van der Waals surface area contributed by atoms with Crippen LogP contribution in [0.15, 0.2) is 0 Å². The molecule has 6 nitrogen and oxygen atoms in total. The van der Waals surface area contributed by atoms with Gasteiger partial charge < -0.3 is 0 Å².